The Balaban J connectivity index is 1.63. The van der Waals surface area contributed by atoms with Crippen molar-refractivity contribution < 1.29 is 38.3 Å². The molecule has 1 aromatic heterocycles. The molecular formula is C23H31N3O8S. The van der Waals surface area contributed by atoms with Crippen LogP contribution in [0.1, 0.15) is 31.3 Å². The summed E-state index contributed by atoms with van der Waals surface area (Å²) in [5, 5.41) is 19.2. The second kappa shape index (κ2) is 10.5. The average molecular weight is 510 g/mol. The van der Waals surface area contributed by atoms with Gasteiger partial charge in [0.2, 0.25) is 11.6 Å². The molecule has 3 heterocycles. The first-order valence-electron chi connectivity index (χ1n) is 11.3. The summed E-state index contributed by atoms with van der Waals surface area (Å²) in [4.78, 5) is 12.9. The van der Waals surface area contributed by atoms with E-state index < -0.39 is 47.4 Å². The van der Waals surface area contributed by atoms with Crippen LogP contribution < -0.4 is 0 Å². The van der Waals surface area contributed by atoms with Crippen molar-refractivity contribution in [2.75, 3.05) is 20.8 Å². The van der Waals surface area contributed by atoms with Gasteiger partial charge in [-0.25, -0.2) is 9.48 Å². The fourth-order valence-corrected chi connectivity index (χ4v) is 5.19. The first-order valence-corrected chi connectivity index (χ1v) is 12.2. The lowest BCUT2D eigenvalue weighted by Crippen LogP contribution is -2.72. The highest BCUT2D eigenvalue weighted by Gasteiger charge is 2.62. The van der Waals surface area contributed by atoms with Crippen LogP contribution >= 0.6 is 11.8 Å². The minimum Gasteiger partial charge on any atom is -0.461 e. The molecule has 35 heavy (non-hydrogen) atoms. The molecule has 0 bridgehead atoms. The Morgan fingerprint density at radius 2 is 1.80 bits per heavy atom. The van der Waals surface area contributed by atoms with Crippen LogP contribution in [0.15, 0.2) is 41.4 Å². The van der Waals surface area contributed by atoms with Gasteiger partial charge in [0.1, 0.15) is 29.9 Å². The summed E-state index contributed by atoms with van der Waals surface area (Å²) in [6.07, 6.45) is -1.71. The van der Waals surface area contributed by atoms with Crippen molar-refractivity contribution in [3.8, 4) is 0 Å². The van der Waals surface area contributed by atoms with E-state index in [2.05, 4.69) is 10.3 Å². The normalized spacial score (nSPS) is 34.9. The molecule has 0 aliphatic carbocycles. The third-order valence-corrected chi connectivity index (χ3v) is 7.49. The molecule has 0 radical (unpaired) electrons. The number of hydrogen-bond acceptors (Lipinski definition) is 11. The summed E-state index contributed by atoms with van der Waals surface area (Å²) in [5.74, 6) is -3.14. The fraction of sp³-hybridized carbons (Fsp3) is 0.609. The molecule has 7 atom stereocenters. The summed E-state index contributed by atoms with van der Waals surface area (Å²) in [5.41, 5.74) is -0.586. The molecule has 2 aliphatic heterocycles. The number of nitrogens with zero attached hydrogens (tertiary/aromatic N) is 3. The highest BCUT2D eigenvalue weighted by Crippen LogP contribution is 2.45. The van der Waals surface area contributed by atoms with Gasteiger partial charge in [-0.1, -0.05) is 35.2 Å². The first-order chi connectivity index (χ1) is 16.7. The molecule has 192 valence electrons. The lowest BCUT2D eigenvalue weighted by molar-refractivity contribution is -0.469. The van der Waals surface area contributed by atoms with E-state index in [9.17, 15) is 9.90 Å². The molecule has 1 aromatic carbocycles. The molecule has 0 amide bonds. The van der Waals surface area contributed by atoms with Gasteiger partial charge in [0.25, 0.3) is 0 Å². The van der Waals surface area contributed by atoms with Gasteiger partial charge in [0.05, 0.1) is 19.3 Å². The Morgan fingerprint density at radius 3 is 2.43 bits per heavy atom. The number of fused-ring (bicyclic) bond motifs is 1. The van der Waals surface area contributed by atoms with Crippen molar-refractivity contribution in [1.29, 1.82) is 0 Å². The lowest BCUT2D eigenvalue weighted by atomic mass is 9.94. The van der Waals surface area contributed by atoms with Gasteiger partial charge < -0.3 is 33.5 Å². The van der Waals surface area contributed by atoms with Crippen LogP contribution in [-0.2, 0) is 35.0 Å². The topological polar surface area (TPSA) is 123 Å². The SMILES string of the molecule is CCOC(=O)c1cn(C[C@H]2O[C@H](Sc3ccccc3)[C@H](O)[C@H]3O[C@](C)(OC)[C@@](C)(OC)O[C@@H]32)nn1. The Bertz CT molecular complexity index is 1010. The monoisotopic (exact) mass is 509 g/mol. The first kappa shape index (κ1) is 26.0. The zero-order valence-electron chi connectivity index (χ0n) is 20.3. The number of carbonyl (C=O) groups excluding carboxylic acids is 1. The second-order valence-electron chi connectivity index (χ2n) is 8.48. The molecule has 2 aliphatic rings. The van der Waals surface area contributed by atoms with E-state index in [1.165, 1.54) is 36.9 Å². The van der Waals surface area contributed by atoms with E-state index in [4.69, 9.17) is 28.4 Å². The molecular weight excluding hydrogens is 478 g/mol. The molecule has 2 fully saturated rings. The molecule has 0 saturated carbocycles. The standard InChI is InChI=1S/C23H31N3O8S/c1-6-31-20(28)15-12-26(25-24-15)13-16-18-19(34-23(3,30-5)22(2,29-4)33-18)17(27)21(32-16)35-14-10-8-7-9-11-14/h7-12,16-19,21,27H,6,13H2,1-5H3/t16-,17-,18-,19-,21-,22+,23+/m1/s1. The Morgan fingerprint density at radius 1 is 1.14 bits per heavy atom. The van der Waals surface area contributed by atoms with Crippen molar-refractivity contribution >= 4 is 17.7 Å². The van der Waals surface area contributed by atoms with E-state index in [1.54, 1.807) is 20.8 Å². The maximum Gasteiger partial charge on any atom is 0.360 e. The molecule has 2 saturated heterocycles. The number of hydrogen-bond donors (Lipinski definition) is 1. The van der Waals surface area contributed by atoms with Crippen LogP contribution in [0.5, 0.6) is 0 Å². The van der Waals surface area contributed by atoms with Crippen LogP contribution in [-0.4, -0.2) is 88.3 Å². The highest BCUT2D eigenvalue weighted by molar-refractivity contribution is 7.99. The van der Waals surface area contributed by atoms with Crippen molar-refractivity contribution in [2.24, 2.45) is 0 Å². The van der Waals surface area contributed by atoms with Crippen LogP contribution in [0, 0.1) is 0 Å². The number of aliphatic hydroxyl groups excluding tert-OH is 1. The zero-order valence-corrected chi connectivity index (χ0v) is 21.1. The summed E-state index contributed by atoms with van der Waals surface area (Å²) in [7, 11) is 2.99. The predicted octanol–water partition coefficient (Wildman–Crippen LogP) is 1.84. The van der Waals surface area contributed by atoms with Crippen LogP contribution in [0.4, 0.5) is 0 Å². The zero-order chi connectivity index (χ0) is 25.2. The largest absolute Gasteiger partial charge is 0.461 e. The number of aliphatic hydroxyl groups is 1. The summed E-state index contributed by atoms with van der Waals surface area (Å²) < 4.78 is 36.8. The molecule has 4 rings (SSSR count). The maximum atomic E-state index is 12.0. The number of rotatable bonds is 8. The van der Waals surface area contributed by atoms with E-state index in [1.807, 2.05) is 30.3 Å². The van der Waals surface area contributed by atoms with Gasteiger partial charge in [-0.05, 0) is 32.9 Å². The van der Waals surface area contributed by atoms with Crippen molar-refractivity contribution in [1.82, 2.24) is 15.0 Å². The molecule has 1 N–H and O–H groups in total. The van der Waals surface area contributed by atoms with Crippen LogP contribution in [0.25, 0.3) is 0 Å². The minimum atomic E-state index is -1.29. The third kappa shape index (κ3) is 5.10. The summed E-state index contributed by atoms with van der Waals surface area (Å²) >= 11 is 1.37. The number of thioether (sulfide) groups is 1. The number of esters is 1. The third-order valence-electron chi connectivity index (χ3n) is 6.33. The number of aromatic nitrogens is 3. The predicted molar refractivity (Wildman–Crippen MR) is 124 cm³/mol. The van der Waals surface area contributed by atoms with E-state index in [-0.39, 0.29) is 18.8 Å². The van der Waals surface area contributed by atoms with Crippen molar-refractivity contribution in [3.05, 3.63) is 42.2 Å². The van der Waals surface area contributed by atoms with E-state index in [0.29, 0.717) is 0 Å². The molecule has 0 unspecified atom stereocenters. The van der Waals surface area contributed by atoms with E-state index in [0.717, 1.165) is 4.90 Å². The minimum absolute atomic E-state index is 0.0870. The Labute approximate surface area is 208 Å². The van der Waals surface area contributed by atoms with Gasteiger partial charge in [-0.3, -0.25) is 0 Å². The maximum absolute atomic E-state index is 12.0. The van der Waals surface area contributed by atoms with Gasteiger partial charge in [-0.15, -0.1) is 5.10 Å². The molecule has 11 nitrogen and oxygen atoms in total. The van der Waals surface area contributed by atoms with E-state index >= 15 is 0 Å². The van der Waals surface area contributed by atoms with Crippen LogP contribution in [0.2, 0.25) is 0 Å². The molecule has 12 heteroatoms. The second-order valence-corrected chi connectivity index (χ2v) is 9.65. The molecule has 2 aromatic rings. The quantitative estimate of drug-likeness (QED) is 0.524. The Kier molecular flexibility index (Phi) is 7.81. The number of carbonyl (C=O) groups is 1. The Hall–Kier alpha value is -2.06. The number of methoxy groups -OCH3 is 2. The van der Waals surface area contributed by atoms with Gasteiger partial charge >= 0.3 is 5.97 Å². The lowest BCUT2D eigenvalue weighted by Gasteiger charge is -2.56. The van der Waals surface area contributed by atoms with Crippen molar-refractivity contribution in [2.45, 2.75) is 73.6 Å². The fourth-order valence-electron chi connectivity index (χ4n) is 4.12. The smallest absolute Gasteiger partial charge is 0.360 e. The highest BCUT2D eigenvalue weighted by atomic mass is 32.2. The van der Waals surface area contributed by atoms with Gasteiger partial charge in [0, 0.05) is 19.1 Å². The number of ether oxygens (including phenoxy) is 6. The van der Waals surface area contributed by atoms with Gasteiger partial charge in [-0.2, -0.15) is 0 Å². The average Bonchev–Trinajstić information content (AvgIpc) is 3.33. The summed E-state index contributed by atoms with van der Waals surface area (Å²) in [6, 6.07) is 9.61. The molecule has 0 spiro atoms. The number of benzene rings is 1. The summed E-state index contributed by atoms with van der Waals surface area (Å²) in [6.45, 7) is 5.53. The van der Waals surface area contributed by atoms with Gasteiger partial charge in [0.15, 0.2) is 5.69 Å². The van der Waals surface area contributed by atoms with Crippen molar-refractivity contribution in [3.63, 3.8) is 0 Å². The van der Waals surface area contributed by atoms with Crippen LogP contribution in [0.3, 0.4) is 0 Å².